The number of nitrogens with zero attached hydrogens (tertiary/aromatic N) is 2. The number of benzene rings is 2. The fraction of sp³-hybridized carbons (Fsp3) is 0.0476. The normalized spacial score (nSPS) is 12.6. The van der Waals surface area contributed by atoms with Crippen molar-refractivity contribution in [3.8, 4) is 5.75 Å². The van der Waals surface area contributed by atoms with E-state index < -0.39 is 17.8 Å². The Labute approximate surface area is 160 Å². The van der Waals surface area contributed by atoms with Gasteiger partial charge in [-0.2, -0.15) is 0 Å². The summed E-state index contributed by atoms with van der Waals surface area (Å²) in [6, 6.07) is 16.2. The second kappa shape index (κ2) is 7.32. The highest BCUT2D eigenvalue weighted by Crippen LogP contribution is 2.23. The van der Waals surface area contributed by atoms with Crippen molar-refractivity contribution < 1.29 is 24.0 Å². The molecule has 138 valence electrons. The van der Waals surface area contributed by atoms with Gasteiger partial charge in [0.15, 0.2) is 0 Å². The summed E-state index contributed by atoms with van der Waals surface area (Å²) in [4.78, 5) is 45.8. The lowest BCUT2D eigenvalue weighted by atomic mass is 10.1. The number of carbonyl (C=O) groups is 3. The van der Waals surface area contributed by atoms with E-state index in [-0.39, 0.29) is 16.7 Å². The number of ether oxygens (including phenoxy) is 1. The molecule has 0 saturated heterocycles. The lowest BCUT2D eigenvalue weighted by Crippen LogP contribution is -2.32. The number of hydrogen-bond donors (Lipinski definition) is 0. The van der Waals surface area contributed by atoms with E-state index in [1.54, 1.807) is 36.7 Å². The molecule has 0 radical (unpaired) electrons. The van der Waals surface area contributed by atoms with Crippen LogP contribution in [0.15, 0.2) is 73.1 Å². The Hall–Kier alpha value is -4.00. The van der Waals surface area contributed by atoms with Gasteiger partial charge >= 0.3 is 5.97 Å². The van der Waals surface area contributed by atoms with E-state index >= 15 is 0 Å². The highest BCUT2D eigenvalue weighted by Gasteiger charge is 2.38. The molecule has 4 rings (SSSR count). The Balaban J connectivity index is 1.40. The third-order valence-electron chi connectivity index (χ3n) is 4.18. The second-order valence-corrected chi connectivity index (χ2v) is 6.00. The van der Waals surface area contributed by atoms with Crippen LogP contribution < -0.4 is 4.74 Å². The van der Waals surface area contributed by atoms with Gasteiger partial charge < -0.3 is 9.57 Å². The van der Waals surface area contributed by atoms with E-state index in [4.69, 9.17) is 9.57 Å². The topological polar surface area (TPSA) is 85.8 Å². The number of carbonyl (C=O) groups excluding carboxylic acids is 3. The SMILES string of the molecule is O=C(ON1C(=O)c2ccccc2C1=O)c1ccc(OCc2ccncc2)cc1. The molecule has 0 fully saturated rings. The van der Waals surface area contributed by atoms with Crippen molar-refractivity contribution >= 4 is 17.8 Å². The molecule has 0 aliphatic carbocycles. The van der Waals surface area contributed by atoms with Gasteiger partial charge in [-0.25, -0.2) is 4.79 Å². The summed E-state index contributed by atoms with van der Waals surface area (Å²) in [6.07, 6.45) is 3.36. The molecule has 2 aromatic carbocycles. The zero-order valence-electron chi connectivity index (χ0n) is 14.6. The summed E-state index contributed by atoms with van der Waals surface area (Å²) in [5.74, 6) is -1.57. The third kappa shape index (κ3) is 3.33. The van der Waals surface area contributed by atoms with Gasteiger partial charge in [-0.3, -0.25) is 14.6 Å². The number of aromatic nitrogens is 1. The average Bonchev–Trinajstić information content (AvgIpc) is 2.98. The van der Waals surface area contributed by atoms with E-state index in [0.29, 0.717) is 17.4 Å². The van der Waals surface area contributed by atoms with Crippen LogP contribution in [0.5, 0.6) is 5.75 Å². The molecule has 7 heteroatoms. The predicted octanol–water partition coefficient (Wildman–Crippen LogP) is 3.03. The van der Waals surface area contributed by atoms with Crippen molar-refractivity contribution in [1.82, 2.24) is 10.0 Å². The first-order chi connectivity index (χ1) is 13.6. The van der Waals surface area contributed by atoms with Crippen molar-refractivity contribution in [2.45, 2.75) is 6.61 Å². The van der Waals surface area contributed by atoms with Crippen molar-refractivity contribution in [1.29, 1.82) is 0 Å². The van der Waals surface area contributed by atoms with Crippen LogP contribution >= 0.6 is 0 Å². The van der Waals surface area contributed by atoms with Gasteiger partial charge in [-0.1, -0.05) is 17.2 Å². The maximum Gasteiger partial charge on any atom is 0.363 e. The summed E-state index contributed by atoms with van der Waals surface area (Å²) in [5, 5.41) is 0.487. The molecule has 28 heavy (non-hydrogen) atoms. The van der Waals surface area contributed by atoms with E-state index in [0.717, 1.165) is 5.56 Å². The van der Waals surface area contributed by atoms with Gasteiger partial charge in [-0.05, 0) is 54.1 Å². The fourth-order valence-electron chi connectivity index (χ4n) is 2.72. The summed E-state index contributed by atoms with van der Waals surface area (Å²) < 4.78 is 5.64. The van der Waals surface area contributed by atoms with E-state index in [9.17, 15) is 14.4 Å². The largest absolute Gasteiger partial charge is 0.489 e. The first kappa shape index (κ1) is 17.4. The van der Waals surface area contributed by atoms with Crippen molar-refractivity contribution in [2.24, 2.45) is 0 Å². The van der Waals surface area contributed by atoms with Crippen molar-refractivity contribution in [2.75, 3.05) is 0 Å². The fourth-order valence-corrected chi connectivity index (χ4v) is 2.72. The summed E-state index contributed by atoms with van der Waals surface area (Å²) in [7, 11) is 0. The molecule has 0 bridgehead atoms. The summed E-state index contributed by atoms with van der Waals surface area (Å²) in [5.41, 5.74) is 1.57. The minimum Gasteiger partial charge on any atom is -0.489 e. The van der Waals surface area contributed by atoms with Crippen LogP contribution in [-0.4, -0.2) is 27.8 Å². The molecule has 1 aliphatic heterocycles. The second-order valence-electron chi connectivity index (χ2n) is 6.00. The van der Waals surface area contributed by atoms with Gasteiger partial charge in [0.05, 0.1) is 16.7 Å². The number of hydroxylamine groups is 2. The molecule has 0 N–H and O–H groups in total. The third-order valence-corrected chi connectivity index (χ3v) is 4.18. The maximum absolute atomic E-state index is 12.3. The summed E-state index contributed by atoms with van der Waals surface area (Å²) in [6.45, 7) is 0.362. The van der Waals surface area contributed by atoms with Crippen LogP contribution in [0.3, 0.4) is 0 Å². The standard InChI is InChI=1S/C21H14N2O5/c24-19-17-3-1-2-4-18(17)20(25)23(19)28-21(26)15-5-7-16(8-6-15)27-13-14-9-11-22-12-10-14/h1-12H,13H2. The predicted molar refractivity (Wildman–Crippen MR) is 97.4 cm³/mol. The Morgan fingerprint density at radius 2 is 1.46 bits per heavy atom. The Kier molecular flexibility index (Phi) is 4.55. The number of amides is 2. The van der Waals surface area contributed by atoms with Crippen molar-refractivity contribution in [3.63, 3.8) is 0 Å². The van der Waals surface area contributed by atoms with E-state index in [1.807, 2.05) is 12.1 Å². The van der Waals surface area contributed by atoms with Gasteiger partial charge in [0.2, 0.25) is 0 Å². The first-order valence-corrected chi connectivity index (χ1v) is 8.45. The van der Waals surface area contributed by atoms with Crippen LogP contribution in [0.4, 0.5) is 0 Å². The molecule has 3 aromatic rings. The molecule has 0 atom stereocenters. The molecule has 7 nitrogen and oxygen atoms in total. The molecule has 2 heterocycles. The highest BCUT2D eigenvalue weighted by atomic mass is 16.7. The maximum atomic E-state index is 12.3. The van der Waals surface area contributed by atoms with Gasteiger partial charge in [0, 0.05) is 12.4 Å². The van der Waals surface area contributed by atoms with E-state index in [2.05, 4.69) is 4.98 Å². The van der Waals surface area contributed by atoms with Crippen LogP contribution in [0, 0.1) is 0 Å². The average molecular weight is 374 g/mol. The Morgan fingerprint density at radius 3 is 2.07 bits per heavy atom. The highest BCUT2D eigenvalue weighted by molar-refractivity contribution is 6.21. The molecule has 0 unspecified atom stereocenters. The number of pyridine rings is 1. The van der Waals surface area contributed by atoms with Gasteiger partial charge in [0.1, 0.15) is 12.4 Å². The lowest BCUT2D eigenvalue weighted by molar-refractivity contribution is -0.0584. The monoisotopic (exact) mass is 374 g/mol. The zero-order chi connectivity index (χ0) is 19.5. The minimum atomic E-state index is -0.810. The molecule has 2 amide bonds. The molecule has 1 aliphatic rings. The quantitative estimate of drug-likeness (QED) is 0.638. The number of hydrogen-bond acceptors (Lipinski definition) is 6. The minimum absolute atomic E-state index is 0.188. The Morgan fingerprint density at radius 1 is 0.857 bits per heavy atom. The van der Waals surface area contributed by atoms with Crippen molar-refractivity contribution in [3.05, 3.63) is 95.3 Å². The van der Waals surface area contributed by atoms with E-state index in [1.165, 1.54) is 24.3 Å². The first-order valence-electron chi connectivity index (χ1n) is 8.45. The van der Waals surface area contributed by atoms with Crippen LogP contribution in [0.1, 0.15) is 36.6 Å². The lowest BCUT2D eigenvalue weighted by Gasteiger charge is -2.13. The molecule has 1 aromatic heterocycles. The van der Waals surface area contributed by atoms with Crippen LogP contribution in [0.2, 0.25) is 0 Å². The molecule has 0 saturated carbocycles. The summed E-state index contributed by atoms with van der Waals surface area (Å²) >= 11 is 0. The Bertz CT molecular complexity index is 1010. The van der Waals surface area contributed by atoms with Crippen LogP contribution in [-0.2, 0) is 11.4 Å². The number of imide groups is 1. The van der Waals surface area contributed by atoms with Gasteiger partial charge in [-0.15, -0.1) is 0 Å². The number of fused-ring (bicyclic) bond motifs is 1. The number of rotatable bonds is 5. The zero-order valence-corrected chi connectivity index (χ0v) is 14.6. The van der Waals surface area contributed by atoms with Gasteiger partial charge in [0.25, 0.3) is 11.8 Å². The molecular formula is C21H14N2O5. The van der Waals surface area contributed by atoms with Crippen LogP contribution in [0.25, 0.3) is 0 Å². The molecular weight excluding hydrogens is 360 g/mol. The smallest absolute Gasteiger partial charge is 0.363 e. The molecule has 0 spiro atoms.